The topological polar surface area (TPSA) is 79.8 Å². The van der Waals surface area contributed by atoms with Crippen LogP contribution >= 0.6 is 15.9 Å². The summed E-state index contributed by atoms with van der Waals surface area (Å²) in [6, 6.07) is 15.2. The van der Waals surface area contributed by atoms with Crippen LogP contribution in [0.25, 0.3) is 0 Å². The van der Waals surface area contributed by atoms with Gasteiger partial charge in [0, 0.05) is 11.0 Å². The highest BCUT2D eigenvalue weighted by molar-refractivity contribution is 9.10. The molecule has 0 atom stereocenters. The maximum atomic E-state index is 11.5. The fourth-order valence-electron chi connectivity index (χ4n) is 1.93. The minimum absolute atomic E-state index is 0.456. The number of benzene rings is 2. The smallest absolute Gasteiger partial charge is 0.329 e. The molecule has 2 rings (SSSR count). The largest absolute Gasteiger partial charge is 0.489 e. The van der Waals surface area contributed by atoms with E-state index in [0.717, 1.165) is 27.8 Å². The molecule has 6 nitrogen and oxygen atoms in total. The van der Waals surface area contributed by atoms with E-state index in [1.807, 2.05) is 55.5 Å². The first-order valence-electron chi connectivity index (χ1n) is 8.17. The van der Waals surface area contributed by atoms with Crippen molar-refractivity contribution in [1.29, 1.82) is 0 Å². The van der Waals surface area contributed by atoms with Crippen LogP contribution in [0.2, 0.25) is 0 Å². The molecule has 0 aliphatic carbocycles. The van der Waals surface area contributed by atoms with Crippen LogP contribution in [-0.4, -0.2) is 24.6 Å². The number of nitrogens with zero attached hydrogens (tertiary/aromatic N) is 1. The van der Waals surface area contributed by atoms with Gasteiger partial charge in [0.25, 0.3) is 0 Å². The number of carbonyl (C=O) groups excluding carboxylic acids is 2. The molecule has 2 amide bonds. The van der Waals surface area contributed by atoms with E-state index >= 15 is 0 Å². The van der Waals surface area contributed by atoms with Gasteiger partial charge in [-0.05, 0) is 53.9 Å². The number of halogens is 1. The van der Waals surface area contributed by atoms with Crippen LogP contribution in [0.1, 0.15) is 24.5 Å². The van der Waals surface area contributed by atoms with Crippen LogP contribution < -0.4 is 15.5 Å². The van der Waals surface area contributed by atoms with Crippen LogP contribution in [0.3, 0.4) is 0 Å². The lowest BCUT2D eigenvalue weighted by Gasteiger charge is -2.06. The molecule has 0 spiro atoms. The number of ether oxygens (including phenoxy) is 1. The third-order valence-electron chi connectivity index (χ3n) is 3.32. The van der Waals surface area contributed by atoms with Gasteiger partial charge in [-0.1, -0.05) is 35.0 Å². The molecule has 0 aliphatic rings. The molecule has 2 aromatic rings. The standard InChI is InChI=1S/C19H20BrN3O3/c1-2-11-21-18(24)19(25)23-22-12-14-5-9-17(10-6-14)26-13-15-3-7-16(20)8-4-15/h3-10,12H,2,11,13H2,1H3,(H,21,24)(H,23,25)/b22-12-. The molecule has 0 aromatic heterocycles. The summed E-state index contributed by atoms with van der Waals surface area (Å²) in [5.74, 6) is -0.752. The van der Waals surface area contributed by atoms with Crippen molar-refractivity contribution in [1.82, 2.24) is 10.7 Å². The van der Waals surface area contributed by atoms with Crippen molar-refractivity contribution in [3.05, 3.63) is 64.1 Å². The molecule has 0 fully saturated rings. The number of hydrogen-bond acceptors (Lipinski definition) is 4. The lowest BCUT2D eigenvalue weighted by Crippen LogP contribution is -2.38. The molecule has 2 N–H and O–H groups in total. The number of hydrazone groups is 1. The molecule has 26 heavy (non-hydrogen) atoms. The molecule has 136 valence electrons. The van der Waals surface area contributed by atoms with Crippen LogP contribution in [0, 0.1) is 0 Å². The van der Waals surface area contributed by atoms with Crippen molar-refractivity contribution in [3.8, 4) is 5.75 Å². The third-order valence-corrected chi connectivity index (χ3v) is 3.85. The predicted octanol–water partition coefficient (Wildman–Crippen LogP) is 3.00. The Morgan fingerprint density at radius 2 is 1.77 bits per heavy atom. The second-order valence-electron chi connectivity index (χ2n) is 5.44. The first-order valence-corrected chi connectivity index (χ1v) is 8.96. The minimum Gasteiger partial charge on any atom is -0.489 e. The average molecular weight is 418 g/mol. The molecular formula is C19H20BrN3O3. The van der Waals surface area contributed by atoms with Crippen LogP contribution in [0.4, 0.5) is 0 Å². The van der Waals surface area contributed by atoms with Crippen LogP contribution in [-0.2, 0) is 16.2 Å². The van der Waals surface area contributed by atoms with Gasteiger partial charge in [0.05, 0.1) is 6.21 Å². The van der Waals surface area contributed by atoms with Crippen molar-refractivity contribution in [2.24, 2.45) is 5.10 Å². The normalized spacial score (nSPS) is 10.5. The van der Waals surface area contributed by atoms with E-state index in [0.29, 0.717) is 13.2 Å². The lowest BCUT2D eigenvalue weighted by molar-refractivity contribution is -0.139. The monoisotopic (exact) mass is 417 g/mol. The second kappa shape index (κ2) is 10.4. The Bertz CT molecular complexity index is 759. The number of nitrogens with one attached hydrogen (secondary N) is 2. The molecule has 0 bridgehead atoms. The Labute approximate surface area is 160 Å². The van der Waals surface area contributed by atoms with Gasteiger partial charge in [0.1, 0.15) is 12.4 Å². The van der Waals surface area contributed by atoms with Gasteiger partial charge in [-0.15, -0.1) is 0 Å². The summed E-state index contributed by atoms with van der Waals surface area (Å²) < 4.78 is 6.74. The zero-order chi connectivity index (χ0) is 18.8. The number of hydrogen-bond donors (Lipinski definition) is 2. The van der Waals surface area contributed by atoms with E-state index in [2.05, 4.69) is 31.8 Å². The highest BCUT2D eigenvalue weighted by Crippen LogP contribution is 2.15. The Balaban J connectivity index is 1.80. The average Bonchev–Trinajstić information content (AvgIpc) is 2.66. The Hall–Kier alpha value is -2.67. The predicted molar refractivity (Wildman–Crippen MR) is 104 cm³/mol. The summed E-state index contributed by atoms with van der Waals surface area (Å²) in [5.41, 5.74) is 4.03. The highest BCUT2D eigenvalue weighted by atomic mass is 79.9. The SMILES string of the molecule is CCCNC(=O)C(=O)N/N=C\c1ccc(OCc2ccc(Br)cc2)cc1. The first kappa shape index (κ1) is 19.7. The van der Waals surface area contributed by atoms with E-state index in [1.165, 1.54) is 6.21 Å². The summed E-state index contributed by atoms with van der Waals surface area (Å²) in [7, 11) is 0. The molecule has 0 saturated carbocycles. The van der Waals surface area contributed by atoms with E-state index in [4.69, 9.17) is 4.74 Å². The molecule has 0 unspecified atom stereocenters. The summed E-state index contributed by atoms with van der Waals surface area (Å²) in [6.07, 6.45) is 2.22. The minimum atomic E-state index is -0.788. The number of carbonyl (C=O) groups is 2. The summed E-state index contributed by atoms with van der Waals surface area (Å²) in [5, 5.41) is 6.25. The third kappa shape index (κ3) is 6.68. The Kier molecular flexibility index (Phi) is 7.82. The zero-order valence-corrected chi connectivity index (χ0v) is 16.0. The quantitative estimate of drug-likeness (QED) is 0.412. The molecule has 0 heterocycles. The van der Waals surface area contributed by atoms with Crippen molar-refractivity contribution < 1.29 is 14.3 Å². The first-order chi connectivity index (χ1) is 12.6. The fraction of sp³-hybridized carbons (Fsp3) is 0.211. The maximum Gasteiger partial charge on any atom is 0.329 e. The molecular weight excluding hydrogens is 398 g/mol. The number of rotatable bonds is 7. The van der Waals surface area contributed by atoms with Gasteiger partial charge in [-0.3, -0.25) is 9.59 Å². The van der Waals surface area contributed by atoms with Crippen molar-refractivity contribution in [2.75, 3.05) is 6.54 Å². The highest BCUT2D eigenvalue weighted by Gasteiger charge is 2.10. The van der Waals surface area contributed by atoms with Gasteiger partial charge in [0.15, 0.2) is 0 Å². The Morgan fingerprint density at radius 1 is 1.08 bits per heavy atom. The van der Waals surface area contributed by atoms with Crippen molar-refractivity contribution >= 4 is 34.0 Å². The molecule has 7 heteroatoms. The van der Waals surface area contributed by atoms with Crippen LogP contribution in [0.15, 0.2) is 58.1 Å². The maximum absolute atomic E-state index is 11.5. The van der Waals surface area contributed by atoms with Crippen molar-refractivity contribution in [2.45, 2.75) is 20.0 Å². The second-order valence-corrected chi connectivity index (χ2v) is 6.35. The van der Waals surface area contributed by atoms with Gasteiger partial charge < -0.3 is 10.1 Å². The van der Waals surface area contributed by atoms with Gasteiger partial charge in [-0.25, -0.2) is 5.43 Å². The lowest BCUT2D eigenvalue weighted by atomic mass is 10.2. The van der Waals surface area contributed by atoms with Gasteiger partial charge in [-0.2, -0.15) is 5.10 Å². The Morgan fingerprint density at radius 3 is 2.42 bits per heavy atom. The zero-order valence-electron chi connectivity index (χ0n) is 14.4. The number of amides is 2. The van der Waals surface area contributed by atoms with E-state index in [-0.39, 0.29) is 0 Å². The van der Waals surface area contributed by atoms with Gasteiger partial charge in [0.2, 0.25) is 0 Å². The molecule has 0 saturated heterocycles. The molecule has 0 aliphatic heterocycles. The van der Waals surface area contributed by atoms with E-state index in [9.17, 15) is 9.59 Å². The summed E-state index contributed by atoms with van der Waals surface area (Å²) in [4.78, 5) is 22.9. The fourth-order valence-corrected chi connectivity index (χ4v) is 2.20. The summed E-state index contributed by atoms with van der Waals surface area (Å²) in [6.45, 7) is 2.84. The van der Waals surface area contributed by atoms with Gasteiger partial charge >= 0.3 is 11.8 Å². The van der Waals surface area contributed by atoms with E-state index in [1.54, 1.807) is 0 Å². The van der Waals surface area contributed by atoms with E-state index < -0.39 is 11.8 Å². The van der Waals surface area contributed by atoms with Crippen molar-refractivity contribution in [3.63, 3.8) is 0 Å². The summed E-state index contributed by atoms with van der Waals surface area (Å²) >= 11 is 3.40. The van der Waals surface area contributed by atoms with Crippen LogP contribution in [0.5, 0.6) is 5.75 Å². The molecule has 0 radical (unpaired) electrons. The molecule has 2 aromatic carbocycles.